The van der Waals surface area contributed by atoms with E-state index >= 15 is 0 Å². The number of nitrogens with zero attached hydrogens (tertiary/aromatic N) is 3. The maximum absolute atomic E-state index is 12.8. The quantitative estimate of drug-likeness (QED) is 0.285. The van der Waals surface area contributed by atoms with Crippen molar-refractivity contribution in [1.29, 1.82) is 0 Å². The van der Waals surface area contributed by atoms with Gasteiger partial charge in [0.05, 0.1) is 5.39 Å². The second-order valence-corrected chi connectivity index (χ2v) is 10.3. The van der Waals surface area contributed by atoms with Gasteiger partial charge in [-0.1, -0.05) is 53.2 Å². The largest absolute Gasteiger partial charge is 0.490 e. The summed E-state index contributed by atoms with van der Waals surface area (Å²) in [4.78, 5) is 28.9. The second kappa shape index (κ2) is 18.2. The zero-order valence-corrected chi connectivity index (χ0v) is 26.2. The Hall–Kier alpha value is -3.19. The highest BCUT2D eigenvalue weighted by Crippen LogP contribution is 2.29. The molecule has 7 nitrogen and oxygen atoms in total. The molecule has 3 heterocycles. The Labute approximate surface area is 241 Å². The summed E-state index contributed by atoms with van der Waals surface area (Å²) in [7, 11) is 2.16. The Morgan fingerprint density at radius 1 is 1.00 bits per heavy atom. The number of aryl methyl sites for hydroxylation is 1. The van der Waals surface area contributed by atoms with E-state index in [1.165, 1.54) is 0 Å². The molecule has 1 fully saturated rings. The van der Waals surface area contributed by atoms with Crippen LogP contribution in [-0.2, 0) is 16.1 Å². The van der Waals surface area contributed by atoms with E-state index in [-0.39, 0.29) is 11.2 Å². The molecule has 0 spiro atoms. The predicted molar refractivity (Wildman–Crippen MR) is 167 cm³/mol. The number of hydrogen-bond donors (Lipinski definition) is 0. The molecule has 0 bridgehead atoms. The molecule has 2 aromatic heterocycles. The number of ether oxygens (including phenoxy) is 2. The van der Waals surface area contributed by atoms with Gasteiger partial charge in [-0.05, 0) is 76.2 Å². The first-order valence-electron chi connectivity index (χ1n) is 14.8. The molecule has 1 aliphatic rings. The molecule has 0 saturated carbocycles. The maximum atomic E-state index is 12.8. The van der Waals surface area contributed by atoms with Crippen LogP contribution in [0.15, 0.2) is 53.7 Å². The summed E-state index contributed by atoms with van der Waals surface area (Å²) >= 11 is 0. The van der Waals surface area contributed by atoms with E-state index in [9.17, 15) is 9.59 Å². The molecular weight excluding hydrogens is 502 g/mol. The van der Waals surface area contributed by atoms with E-state index in [2.05, 4.69) is 40.7 Å². The van der Waals surface area contributed by atoms with Crippen LogP contribution in [0.4, 0.5) is 0 Å². The van der Waals surface area contributed by atoms with Crippen LogP contribution < -0.4 is 10.3 Å². The Kier molecular flexibility index (Phi) is 15.9. The Balaban J connectivity index is 0.000000629. The van der Waals surface area contributed by atoms with Gasteiger partial charge in [0.15, 0.2) is 0 Å². The number of pyridine rings is 2. The van der Waals surface area contributed by atoms with Gasteiger partial charge in [0, 0.05) is 43.8 Å². The van der Waals surface area contributed by atoms with E-state index in [1.807, 2.05) is 77.4 Å². The lowest BCUT2D eigenvalue weighted by atomic mass is 10.0. The number of carbonyl (C=O) groups excluding carboxylic acids is 1. The minimum absolute atomic E-state index is 0.0347. The number of fused-ring (bicyclic) bond motifs is 1. The minimum Gasteiger partial charge on any atom is -0.490 e. The molecule has 7 heteroatoms. The van der Waals surface area contributed by atoms with Crippen molar-refractivity contribution in [1.82, 2.24) is 14.5 Å². The number of likely N-dealkylation sites (tertiary alicyclic amines) is 1. The molecule has 0 N–H and O–H groups in total. The molecule has 1 aliphatic heterocycles. The molecule has 1 aromatic carbocycles. The fourth-order valence-corrected chi connectivity index (χ4v) is 4.12. The van der Waals surface area contributed by atoms with Gasteiger partial charge in [0.1, 0.15) is 17.5 Å². The summed E-state index contributed by atoms with van der Waals surface area (Å²) in [5.41, 5.74) is 1.86. The fraction of sp³-hybridized carbons (Fsp3) is 0.545. The number of carbonyl (C=O) groups is 1. The van der Waals surface area contributed by atoms with Crippen molar-refractivity contribution >= 4 is 17.2 Å². The lowest BCUT2D eigenvalue weighted by molar-refractivity contribution is -0.138. The Morgan fingerprint density at radius 2 is 1.62 bits per heavy atom. The van der Waals surface area contributed by atoms with Crippen LogP contribution in [0.1, 0.15) is 81.1 Å². The van der Waals surface area contributed by atoms with Gasteiger partial charge in [0.2, 0.25) is 0 Å². The fourth-order valence-electron chi connectivity index (χ4n) is 4.12. The molecule has 222 valence electrons. The smallest absolute Gasteiger partial charge is 0.293 e. The number of unbranched alkanes of at least 4 members (excludes halogenated alkanes) is 1. The summed E-state index contributed by atoms with van der Waals surface area (Å²) in [5.74, 6) is 0.911. The van der Waals surface area contributed by atoms with Crippen LogP contribution >= 0.6 is 0 Å². The van der Waals surface area contributed by atoms with Gasteiger partial charge in [0.25, 0.3) is 12.0 Å². The normalized spacial score (nSPS) is 13.5. The van der Waals surface area contributed by atoms with Crippen molar-refractivity contribution < 1.29 is 14.3 Å². The van der Waals surface area contributed by atoms with Crippen LogP contribution in [0.3, 0.4) is 0 Å². The third-order valence-corrected chi connectivity index (χ3v) is 6.18. The van der Waals surface area contributed by atoms with Crippen LogP contribution in [0.25, 0.3) is 21.9 Å². The van der Waals surface area contributed by atoms with Gasteiger partial charge in [-0.3, -0.25) is 14.6 Å². The molecule has 0 atom stereocenters. The summed E-state index contributed by atoms with van der Waals surface area (Å²) < 4.78 is 12.6. The van der Waals surface area contributed by atoms with E-state index in [4.69, 9.17) is 4.74 Å². The van der Waals surface area contributed by atoms with Gasteiger partial charge in [-0.25, -0.2) is 0 Å². The minimum atomic E-state index is -0.318. The average molecular weight is 554 g/mol. The number of aromatic nitrogens is 2. The summed E-state index contributed by atoms with van der Waals surface area (Å²) in [5, 5.41) is 1.62. The van der Waals surface area contributed by atoms with Crippen LogP contribution in [0.2, 0.25) is 0 Å². The third kappa shape index (κ3) is 11.1. The monoisotopic (exact) mass is 553 g/mol. The first kappa shape index (κ1) is 34.8. The van der Waals surface area contributed by atoms with Crippen LogP contribution in [0, 0.1) is 0 Å². The van der Waals surface area contributed by atoms with Crippen molar-refractivity contribution in [2.75, 3.05) is 20.1 Å². The topological polar surface area (TPSA) is 73.7 Å². The lowest BCUT2D eigenvalue weighted by Gasteiger charge is -2.29. The molecule has 40 heavy (non-hydrogen) atoms. The van der Waals surface area contributed by atoms with Crippen molar-refractivity contribution in [2.24, 2.45) is 0 Å². The van der Waals surface area contributed by atoms with Crippen molar-refractivity contribution in [3.8, 4) is 16.9 Å². The Morgan fingerprint density at radius 3 is 2.15 bits per heavy atom. The molecule has 0 amide bonds. The lowest BCUT2D eigenvalue weighted by Crippen LogP contribution is -2.35. The number of benzene rings is 1. The maximum Gasteiger partial charge on any atom is 0.293 e. The molecule has 0 unspecified atom stereocenters. The molecular formula is C33H51N3O4. The van der Waals surface area contributed by atoms with E-state index < -0.39 is 0 Å². The van der Waals surface area contributed by atoms with Crippen LogP contribution in [0.5, 0.6) is 5.75 Å². The van der Waals surface area contributed by atoms with Gasteiger partial charge in [-0.15, -0.1) is 0 Å². The predicted octanol–water partition coefficient (Wildman–Crippen LogP) is 7.35. The Bertz CT molecular complexity index is 1180. The zero-order chi connectivity index (χ0) is 30.1. The first-order chi connectivity index (χ1) is 19.2. The van der Waals surface area contributed by atoms with Gasteiger partial charge >= 0.3 is 0 Å². The third-order valence-electron chi connectivity index (χ3n) is 6.18. The van der Waals surface area contributed by atoms with E-state index in [0.717, 1.165) is 67.6 Å². The standard InChI is InChI=1S/C24H29N3O2.C5H10O2.2C2H6/c1-3-4-13-27-17-23(21-9-12-25-16-22(21)24(27)28)18-5-7-19(8-6-18)29-20-10-14-26(2)15-11-20;1-5(2,3)7-4-6;2*1-2/h5-9,12,16-17,20H,3-4,10-11,13-15H2,1-2H3;4H,1-3H3;2*1-2H3. The number of piperidine rings is 1. The zero-order valence-electron chi connectivity index (χ0n) is 26.2. The molecule has 1 saturated heterocycles. The summed E-state index contributed by atoms with van der Waals surface area (Å²) in [6, 6.07) is 10.2. The molecule has 0 radical (unpaired) electrons. The van der Waals surface area contributed by atoms with Crippen molar-refractivity contribution in [3.63, 3.8) is 0 Å². The molecule has 3 aromatic rings. The van der Waals surface area contributed by atoms with E-state index in [1.54, 1.807) is 12.4 Å². The highest BCUT2D eigenvalue weighted by atomic mass is 16.5. The summed E-state index contributed by atoms with van der Waals surface area (Å²) in [6.45, 7) is 19.0. The van der Waals surface area contributed by atoms with E-state index in [0.29, 0.717) is 18.0 Å². The molecule has 0 aliphatic carbocycles. The number of rotatable bonds is 7. The van der Waals surface area contributed by atoms with Gasteiger partial charge in [-0.2, -0.15) is 0 Å². The average Bonchev–Trinajstić information content (AvgIpc) is 2.96. The summed E-state index contributed by atoms with van der Waals surface area (Å²) in [6.07, 6.45) is 9.88. The van der Waals surface area contributed by atoms with Crippen molar-refractivity contribution in [3.05, 3.63) is 59.3 Å². The highest BCUT2D eigenvalue weighted by Gasteiger charge is 2.18. The SMILES string of the molecule is CC.CC.CC(C)(C)OC=O.CCCCn1cc(-c2ccc(OC3CCN(C)CC3)cc2)c2ccncc2c1=O. The van der Waals surface area contributed by atoms with Gasteiger partial charge < -0.3 is 18.9 Å². The molecule has 4 rings (SSSR count). The van der Waals surface area contributed by atoms with Crippen LogP contribution in [-0.4, -0.2) is 52.8 Å². The first-order valence-corrected chi connectivity index (χ1v) is 14.8. The highest BCUT2D eigenvalue weighted by molar-refractivity contribution is 5.95. The van der Waals surface area contributed by atoms with Crippen molar-refractivity contribution in [2.45, 2.75) is 99.3 Å². The number of hydrogen-bond acceptors (Lipinski definition) is 6. The second-order valence-electron chi connectivity index (χ2n) is 10.3.